The topological polar surface area (TPSA) is 41.1 Å². The van der Waals surface area contributed by atoms with Gasteiger partial charge < -0.3 is 10.6 Å². The number of carbonyl (C=O) groups is 1. The third-order valence-corrected chi connectivity index (χ3v) is 8.66. The van der Waals surface area contributed by atoms with Crippen molar-refractivity contribution in [2.24, 2.45) is 22.2 Å². The zero-order valence-corrected chi connectivity index (χ0v) is 18.7. The van der Waals surface area contributed by atoms with Crippen LogP contribution in [0, 0.1) is 22.2 Å². The molecule has 1 aliphatic heterocycles. The molecule has 4 bridgehead atoms. The molecule has 0 aromatic rings. The number of carbonyl (C=O) groups excluding carboxylic acids is 1. The minimum absolute atomic E-state index is 0.117. The first-order valence-electron chi connectivity index (χ1n) is 11.9. The van der Waals surface area contributed by atoms with Gasteiger partial charge in [-0.15, -0.1) is 0 Å². The van der Waals surface area contributed by atoms with Gasteiger partial charge in [-0.25, -0.2) is 0 Å². The molecule has 1 amide bonds. The second-order valence-electron chi connectivity index (χ2n) is 10.9. The number of hydrogen-bond donors (Lipinski definition) is 2. The molecule has 3 nitrogen and oxygen atoms in total. The van der Waals surface area contributed by atoms with E-state index >= 15 is 0 Å². The van der Waals surface area contributed by atoms with Crippen LogP contribution >= 0.6 is 0 Å². The van der Waals surface area contributed by atoms with Crippen molar-refractivity contribution in [3.8, 4) is 0 Å². The van der Waals surface area contributed by atoms with Gasteiger partial charge in [0.25, 0.3) is 0 Å². The van der Waals surface area contributed by atoms with Gasteiger partial charge in [0.05, 0.1) is 5.41 Å². The molecule has 2 N–H and O–H groups in total. The van der Waals surface area contributed by atoms with Gasteiger partial charge in [-0.05, 0) is 94.1 Å². The van der Waals surface area contributed by atoms with Crippen LogP contribution in [0.5, 0.6) is 0 Å². The summed E-state index contributed by atoms with van der Waals surface area (Å²) in [4.78, 5) is 13.8. The van der Waals surface area contributed by atoms with Crippen molar-refractivity contribution in [1.29, 1.82) is 0 Å². The van der Waals surface area contributed by atoms with Crippen molar-refractivity contribution in [3.63, 3.8) is 0 Å². The highest BCUT2D eigenvalue weighted by Crippen LogP contribution is 2.72. The van der Waals surface area contributed by atoms with Crippen molar-refractivity contribution >= 4 is 5.91 Å². The van der Waals surface area contributed by atoms with Crippen molar-refractivity contribution in [3.05, 3.63) is 36.5 Å². The number of amides is 1. The highest BCUT2D eigenvalue weighted by molar-refractivity contribution is 5.84. The molecular formula is C26H40N2O. The fraction of sp³-hybridized carbons (Fsp3) is 0.731. The van der Waals surface area contributed by atoms with Crippen LogP contribution in [0.2, 0.25) is 0 Å². The lowest BCUT2D eigenvalue weighted by molar-refractivity contribution is -0.170. The van der Waals surface area contributed by atoms with Gasteiger partial charge in [0.1, 0.15) is 0 Å². The molecule has 0 aromatic carbocycles. The molecule has 4 saturated carbocycles. The molecular weight excluding hydrogens is 356 g/mol. The van der Waals surface area contributed by atoms with Gasteiger partial charge in [0, 0.05) is 12.1 Å². The molecule has 6 atom stereocenters. The molecule has 0 aromatic heterocycles. The summed E-state index contributed by atoms with van der Waals surface area (Å²) in [5, 5.41) is 7.02. The van der Waals surface area contributed by atoms with Crippen molar-refractivity contribution in [2.45, 2.75) is 90.6 Å². The first-order valence-corrected chi connectivity index (χ1v) is 11.9. The van der Waals surface area contributed by atoms with Gasteiger partial charge in [-0.3, -0.25) is 4.79 Å². The van der Waals surface area contributed by atoms with Gasteiger partial charge in [-0.2, -0.15) is 0 Å². The summed E-state index contributed by atoms with van der Waals surface area (Å²) in [6, 6.07) is 0.827. The Bertz CT molecular complexity index is 724. The van der Waals surface area contributed by atoms with Crippen LogP contribution in [-0.2, 0) is 4.79 Å². The lowest BCUT2D eigenvalue weighted by atomic mass is 9.37. The molecule has 0 spiro atoms. The first-order chi connectivity index (χ1) is 13.8. The van der Waals surface area contributed by atoms with Crippen molar-refractivity contribution < 1.29 is 4.79 Å². The Balaban J connectivity index is 1.60. The summed E-state index contributed by atoms with van der Waals surface area (Å²) < 4.78 is 0. The Hall–Kier alpha value is -1.35. The average molecular weight is 397 g/mol. The zero-order valence-electron chi connectivity index (χ0n) is 18.7. The smallest absolute Gasteiger partial charge is 0.226 e. The number of piperidine rings is 1. The molecule has 3 heteroatoms. The van der Waals surface area contributed by atoms with E-state index in [4.69, 9.17) is 0 Å². The Labute approximate surface area is 177 Å². The van der Waals surface area contributed by atoms with Gasteiger partial charge in [0.15, 0.2) is 0 Å². The van der Waals surface area contributed by atoms with Crippen LogP contribution in [-0.4, -0.2) is 24.5 Å². The van der Waals surface area contributed by atoms with Gasteiger partial charge >= 0.3 is 0 Å². The molecule has 1 heterocycles. The van der Waals surface area contributed by atoms with E-state index in [1.54, 1.807) is 0 Å². The lowest BCUT2D eigenvalue weighted by Gasteiger charge is -2.66. The quantitative estimate of drug-likeness (QED) is 0.598. The van der Waals surface area contributed by atoms with Crippen LogP contribution in [0.1, 0.15) is 78.6 Å². The maximum atomic E-state index is 13.8. The number of hydrogen-bond acceptors (Lipinski definition) is 2. The van der Waals surface area contributed by atoms with E-state index in [0.29, 0.717) is 29.3 Å². The SMILES string of the molecule is C=C(/C=C\C=C/C)[C@]12CC3CC(C(=O)N[C@H]4CCN[C@H](C)C4)(C[C@](CC)(C3)C1)C2. The summed E-state index contributed by atoms with van der Waals surface area (Å²) in [6.07, 6.45) is 18.7. The molecule has 29 heavy (non-hydrogen) atoms. The minimum Gasteiger partial charge on any atom is -0.353 e. The Kier molecular flexibility index (Phi) is 5.57. The number of allylic oxidation sites excluding steroid dienone is 5. The predicted molar refractivity (Wildman–Crippen MR) is 121 cm³/mol. The monoisotopic (exact) mass is 396 g/mol. The summed E-state index contributed by atoms with van der Waals surface area (Å²) in [6.45, 7) is 12.2. The second kappa shape index (κ2) is 7.72. The summed E-state index contributed by atoms with van der Waals surface area (Å²) in [5.74, 6) is 1.03. The van der Waals surface area contributed by atoms with Gasteiger partial charge in [0.2, 0.25) is 5.91 Å². The fourth-order valence-corrected chi connectivity index (χ4v) is 7.70. The van der Waals surface area contributed by atoms with E-state index in [0.717, 1.165) is 38.6 Å². The third kappa shape index (κ3) is 3.76. The molecule has 2 unspecified atom stereocenters. The van der Waals surface area contributed by atoms with Crippen LogP contribution in [0.25, 0.3) is 0 Å². The Morgan fingerprint density at radius 1 is 1.17 bits per heavy atom. The van der Waals surface area contributed by atoms with Crippen LogP contribution in [0.15, 0.2) is 36.5 Å². The zero-order chi connectivity index (χ0) is 20.7. The minimum atomic E-state index is -0.180. The molecule has 160 valence electrons. The number of rotatable bonds is 6. The van der Waals surface area contributed by atoms with E-state index < -0.39 is 0 Å². The maximum Gasteiger partial charge on any atom is 0.226 e. The maximum absolute atomic E-state index is 13.8. The normalized spacial score (nSPS) is 43.9. The fourth-order valence-electron chi connectivity index (χ4n) is 7.70. The summed E-state index contributed by atoms with van der Waals surface area (Å²) >= 11 is 0. The van der Waals surface area contributed by atoms with E-state index in [2.05, 4.69) is 55.4 Å². The van der Waals surface area contributed by atoms with Crippen LogP contribution in [0.4, 0.5) is 0 Å². The highest BCUT2D eigenvalue weighted by atomic mass is 16.2. The molecule has 1 saturated heterocycles. The predicted octanol–water partition coefficient (Wildman–Crippen LogP) is 5.30. The van der Waals surface area contributed by atoms with Crippen molar-refractivity contribution in [1.82, 2.24) is 10.6 Å². The first kappa shape index (κ1) is 20.9. The van der Waals surface area contributed by atoms with E-state index in [9.17, 15) is 4.79 Å². The summed E-state index contributed by atoms with van der Waals surface area (Å²) in [7, 11) is 0. The third-order valence-electron chi connectivity index (χ3n) is 8.66. The largest absolute Gasteiger partial charge is 0.353 e. The van der Waals surface area contributed by atoms with Crippen molar-refractivity contribution in [2.75, 3.05) is 6.54 Å². The number of nitrogens with one attached hydrogen (secondary N) is 2. The van der Waals surface area contributed by atoms with Gasteiger partial charge in [-0.1, -0.05) is 44.2 Å². The van der Waals surface area contributed by atoms with Crippen LogP contribution in [0.3, 0.4) is 0 Å². The Morgan fingerprint density at radius 3 is 2.66 bits per heavy atom. The molecule has 5 aliphatic rings. The van der Waals surface area contributed by atoms with Crippen LogP contribution < -0.4 is 10.6 Å². The molecule has 4 aliphatic carbocycles. The Morgan fingerprint density at radius 2 is 1.93 bits per heavy atom. The van der Waals surface area contributed by atoms with E-state index in [-0.39, 0.29) is 10.8 Å². The average Bonchev–Trinajstić information content (AvgIpc) is 2.67. The molecule has 0 radical (unpaired) electrons. The van der Waals surface area contributed by atoms with E-state index in [1.807, 2.05) is 6.92 Å². The molecule has 5 rings (SSSR count). The molecule has 5 fully saturated rings. The second-order valence-corrected chi connectivity index (χ2v) is 10.9. The standard InChI is InChI=1S/C26H40N2O/c1-5-7-8-9-19(3)25-14-21-13-24(6-2,16-25)17-26(15-21,18-25)23(29)28-22-10-11-27-20(4)12-22/h5,7-9,20-22,27H,3,6,10-18H2,1-2,4H3,(H,28,29)/b7-5-,9-8-/t20-,21?,22+,24-,25-,26?/m1/s1. The van der Waals surface area contributed by atoms with E-state index in [1.165, 1.54) is 31.3 Å². The lowest BCUT2D eigenvalue weighted by Crippen LogP contribution is -2.62. The highest BCUT2D eigenvalue weighted by Gasteiger charge is 2.65. The summed E-state index contributed by atoms with van der Waals surface area (Å²) in [5.41, 5.74) is 1.52.